The number of ether oxygens (including phenoxy) is 3. The Morgan fingerprint density at radius 2 is 0.539 bits per heavy atom. The molecular formula is C70H124O6. The molecule has 0 spiro atoms. The van der Waals surface area contributed by atoms with Gasteiger partial charge in [0.15, 0.2) is 6.10 Å². The summed E-state index contributed by atoms with van der Waals surface area (Å²) in [4.78, 5) is 38.2. The predicted molar refractivity (Wildman–Crippen MR) is 330 cm³/mol. The number of carbonyl (C=O) groups excluding carboxylic acids is 3. The zero-order valence-corrected chi connectivity index (χ0v) is 50.5. The number of hydrogen-bond acceptors (Lipinski definition) is 6. The second-order valence-electron chi connectivity index (χ2n) is 22.0. The van der Waals surface area contributed by atoms with Gasteiger partial charge in [0.2, 0.25) is 0 Å². The van der Waals surface area contributed by atoms with Crippen LogP contribution < -0.4 is 0 Å². The summed E-state index contributed by atoms with van der Waals surface area (Å²) in [6.07, 6.45) is 83.6. The van der Waals surface area contributed by atoms with E-state index in [1.165, 1.54) is 193 Å². The molecule has 0 fully saturated rings. The van der Waals surface area contributed by atoms with Crippen molar-refractivity contribution in [2.45, 2.75) is 341 Å². The molecule has 6 heteroatoms. The molecule has 0 bridgehead atoms. The first-order chi connectivity index (χ1) is 37.5. The third-order valence-electron chi connectivity index (χ3n) is 14.4. The van der Waals surface area contributed by atoms with Crippen molar-refractivity contribution in [3.63, 3.8) is 0 Å². The molecule has 0 rings (SSSR count). The Morgan fingerprint density at radius 3 is 0.868 bits per heavy atom. The molecule has 0 N–H and O–H groups in total. The fourth-order valence-electron chi connectivity index (χ4n) is 9.53. The maximum Gasteiger partial charge on any atom is 0.306 e. The van der Waals surface area contributed by atoms with E-state index in [-0.39, 0.29) is 31.1 Å². The average Bonchev–Trinajstić information content (AvgIpc) is 3.42. The summed E-state index contributed by atoms with van der Waals surface area (Å²) in [5.41, 5.74) is 0. The maximum atomic E-state index is 12.9. The van der Waals surface area contributed by atoms with Crippen molar-refractivity contribution in [1.29, 1.82) is 0 Å². The minimum atomic E-state index is -0.775. The molecule has 440 valence electrons. The van der Waals surface area contributed by atoms with E-state index < -0.39 is 6.10 Å². The van der Waals surface area contributed by atoms with E-state index in [1.807, 2.05) is 0 Å². The summed E-state index contributed by atoms with van der Waals surface area (Å²) < 4.78 is 16.9. The molecule has 0 aromatic heterocycles. The molecule has 0 amide bonds. The van der Waals surface area contributed by atoms with E-state index >= 15 is 0 Å². The van der Waals surface area contributed by atoms with Gasteiger partial charge in [-0.3, -0.25) is 14.4 Å². The van der Waals surface area contributed by atoms with Gasteiger partial charge in [-0.1, -0.05) is 306 Å². The Bertz CT molecular complexity index is 1400. The molecule has 0 aromatic rings. The number of carbonyl (C=O) groups is 3. The van der Waals surface area contributed by atoms with Gasteiger partial charge in [-0.05, 0) is 83.5 Å². The highest BCUT2D eigenvalue weighted by Gasteiger charge is 2.19. The smallest absolute Gasteiger partial charge is 0.306 e. The first-order valence-electron chi connectivity index (χ1n) is 32.9. The average molecular weight is 1060 g/mol. The first kappa shape index (κ1) is 72.8. The third kappa shape index (κ3) is 61.7. The summed E-state index contributed by atoms with van der Waals surface area (Å²) in [5.74, 6) is -0.867. The molecule has 1 atom stereocenters. The molecular weight excluding hydrogens is 937 g/mol. The summed E-state index contributed by atoms with van der Waals surface area (Å²) in [6.45, 7) is 6.50. The lowest BCUT2D eigenvalue weighted by molar-refractivity contribution is -0.167. The Balaban J connectivity index is 4.13. The van der Waals surface area contributed by atoms with Gasteiger partial charge in [-0.2, -0.15) is 0 Å². The molecule has 0 saturated heterocycles. The molecule has 0 heterocycles. The van der Waals surface area contributed by atoms with Crippen molar-refractivity contribution < 1.29 is 28.6 Å². The lowest BCUT2D eigenvalue weighted by atomic mass is 10.0. The SMILES string of the molecule is CC/C=C\C/C=C\C/C=C\C/C=C\C/C=C\CCCCCCCCCCCCCCCCCC(=O)OCC(COC(=O)CCCCCCC/C=C\CCC)OC(=O)CCCCCCCCCCCCCCCCCCC. The van der Waals surface area contributed by atoms with Gasteiger partial charge in [0.25, 0.3) is 0 Å². The van der Waals surface area contributed by atoms with E-state index in [9.17, 15) is 14.4 Å². The highest BCUT2D eigenvalue weighted by molar-refractivity contribution is 5.71. The topological polar surface area (TPSA) is 78.9 Å². The number of rotatable bonds is 60. The number of allylic oxidation sites excluding steroid dienone is 12. The first-order valence-corrected chi connectivity index (χ1v) is 32.9. The molecule has 1 unspecified atom stereocenters. The summed E-state index contributed by atoms with van der Waals surface area (Å²) in [5, 5.41) is 0. The predicted octanol–water partition coefficient (Wildman–Crippen LogP) is 22.5. The Kier molecular flexibility index (Phi) is 61.7. The van der Waals surface area contributed by atoms with Crippen LogP contribution >= 0.6 is 0 Å². The second-order valence-corrected chi connectivity index (χ2v) is 22.0. The van der Waals surface area contributed by atoms with Gasteiger partial charge in [-0.25, -0.2) is 0 Å². The molecule has 0 radical (unpaired) electrons. The van der Waals surface area contributed by atoms with E-state index in [0.29, 0.717) is 19.3 Å². The Morgan fingerprint density at radius 1 is 0.276 bits per heavy atom. The Labute approximate surface area is 472 Å². The zero-order chi connectivity index (χ0) is 55.0. The monoisotopic (exact) mass is 1060 g/mol. The lowest BCUT2D eigenvalue weighted by Gasteiger charge is -2.18. The largest absolute Gasteiger partial charge is 0.462 e. The van der Waals surface area contributed by atoms with Crippen LogP contribution in [0.1, 0.15) is 335 Å². The van der Waals surface area contributed by atoms with E-state index in [0.717, 1.165) is 103 Å². The Hall–Kier alpha value is -3.15. The number of esters is 3. The normalized spacial score (nSPS) is 12.5. The van der Waals surface area contributed by atoms with Crippen LogP contribution in [0.5, 0.6) is 0 Å². The quantitative estimate of drug-likeness (QED) is 0.0261. The van der Waals surface area contributed by atoms with Gasteiger partial charge in [0.1, 0.15) is 13.2 Å². The van der Waals surface area contributed by atoms with E-state index in [4.69, 9.17) is 14.2 Å². The lowest BCUT2D eigenvalue weighted by Crippen LogP contribution is -2.30. The number of hydrogen-bond donors (Lipinski definition) is 0. The summed E-state index contributed by atoms with van der Waals surface area (Å²) >= 11 is 0. The molecule has 0 saturated carbocycles. The summed E-state index contributed by atoms with van der Waals surface area (Å²) in [6, 6.07) is 0. The van der Waals surface area contributed by atoms with Gasteiger partial charge < -0.3 is 14.2 Å². The summed E-state index contributed by atoms with van der Waals surface area (Å²) in [7, 11) is 0. The standard InChI is InChI=1S/C70H124O6/c1-4-7-10-13-16-19-22-24-26-28-29-30-31-32-33-34-35-36-37-38-39-40-41-43-44-46-48-51-54-57-60-63-69(72)75-66-67(65-74-68(71)62-59-56-53-50-21-18-15-12-9-6-3)76-70(73)64-61-58-55-52-49-47-45-42-27-25-23-20-17-14-11-8-5-2/h7,10,12,15-16,19,24,26,29-30,32-33,67H,4-6,8-9,11,13-14,17-18,20-23,25,27-28,31,34-66H2,1-3H3/b10-7-,15-12-,19-16-,26-24-,30-29-,33-32-. The highest BCUT2D eigenvalue weighted by Crippen LogP contribution is 2.17. The van der Waals surface area contributed by atoms with Crippen LogP contribution in [0, 0.1) is 0 Å². The molecule has 6 nitrogen and oxygen atoms in total. The maximum absolute atomic E-state index is 12.9. The third-order valence-corrected chi connectivity index (χ3v) is 14.4. The minimum Gasteiger partial charge on any atom is -0.462 e. The van der Waals surface area contributed by atoms with Crippen LogP contribution in [0.3, 0.4) is 0 Å². The fourth-order valence-corrected chi connectivity index (χ4v) is 9.53. The van der Waals surface area contributed by atoms with Crippen LogP contribution in [0.2, 0.25) is 0 Å². The van der Waals surface area contributed by atoms with Crippen molar-refractivity contribution in [1.82, 2.24) is 0 Å². The van der Waals surface area contributed by atoms with Crippen molar-refractivity contribution >= 4 is 17.9 Å². The van der Waals surface area contributed by atoms with Gasteiger partial charge in [0.05, 0.1) is 0 Å². The van der Waals surface area contributed by atoms with Crippen molar-refractivity contribution in [2.24, 2.45) is 0 Å². The fraction of sp³-hybridized carbons (Fsp3) is 0.786. The van der Waals surface area contributed by atoms with Crippen molar-refractivity contribution in [3.8, 4) is 0 Å². The van der Waals surface area contributed by atoms with Crippen LogP contribution in [0.4, 0.5) is 0 Å². The van der Waals surface area contributed by atoms with Crippen LogP contribution in [-0.4, -0.2) is 37.2 Å². The number of unbranched alkanes of at least 4 members (excludes halogenated alkanes) is 37. The van der Waals surface area contributed by atoms with Gasteiger partial charge >= 0.3 is 17.9 Å². The van der Waals surface area contributed by atoms with Crippen LogP contribution in [0.15, 0.2) is 72.9 Å². The molecule has 0 aliphatic rings. The molecule has 0 aliphatic carbocycles. The zero-order valence-electron chi connectivity index (χ0n) is 50.5. The van der Waals surface area contributed by atoms with E-state index in [1.54, 1.807) is 0 Å². The van der Waals surface area contributed by atoms with Crippen molar-refractivity contribution in [3.05, 3.63) is 72.9 Å². The van der Waals surface area contributed by atoms with Gasteiger partial charge in [0, 0.05) is 19.3 Å². The van der Waals surface area contributed by atoms with E-state index in [2.05, 4.69) is 93.7 Å². The minimum absolute atomic E-state index is 0.0734. The molecule has 76 heavy (non-hydrogen) atoms. The highest BCUT2D eigenvalue weighted by atomic mass is 16.6. The van der Waals surface area contributed by atoms with Gasteiger partial charge in [-0.15, -0.1) is 0 Å². The van der Waals surface area contributed by atoms with Crippen LogP contribution in [0.25, 0.3) is 0 Å². The van der Waals surface area contributed by atoms with Crippen LogP contribution in [-0.2, 0) is 28.6 Å². The second kappa shape index (κ2) is 64.4. The molecule has 0 aromatic carbocycles. The molecule has 0 aliphatic heterocycles. The van der Waals surface area contributed by atoms with Crippen molar-refractivity contribution in [2.75, 3.05) is 13.2 Å².